The topological polar surface area (TPSA) is 312 Å². The molecule has 506 valence electrons. The highest BCUT2D eigenvalue weighted by Crippen LogP contribution is 2.26. The van der Waals surface area contributed by atoms with Gasteiger partial charge in [-0.25, -0.2) is 0 Å². The van der Waals surface area contributed by atoms with E-state index >= 15 is 9.59 Å². The Bertz CT molecular complexity index is 2480. The van der Waals surface area contributed by atoms with Crippen molar-refractivity contribution in [3.8, 4) is 6.07 Å². The molecule has 25 nitrogen and oxygen atoms in total. The minimum atomic E-state index is -1.64. The minimum Gasteiger partial charge on any atom is -0.390 e. The standard InChI is InChI=1S/C64H112N12O13/c1-24-26-29-41(13)54(78)53-58(82)68-45(25-2)60(84)70(17)35-49(77)74(21)52(44(16)89-31-28-27-30-65)57(81)69-50(39(9)10)63(87)71(18)46(32-36(3)4)56(80)66-42(14)55(79)67-43(15)59(83)72(19)47(33-37(5)6)61(85)73(20)48(34-38(7)8)62(86)75(22)51(40(11)12)64(88)76(53)23/h24,26,36-48,50-54,78H,25,27-29,31-35H2,1-23H3,(H,66,80)(H,67,79)(H,68,82)(H,69,81)/t41-,42+,43-,44-,45+,46+,47+,48+,50+,51+,52+,53+,54-/m1/s1. The van der Waals surface area contributed by atoms with Crippen molar-refractivity contribution >= 4 is 65.0 Å². The summed E-state index contributed by atoms with van der Waals surface area (Å²) in [6, 6.07) is -11.0. The van der Waals surface area contributed by atoms with Crippen LogP contribution < -0.4 is 21.3 Å². The Morgan fingerprint density at radius 1 is 0.551 bits per heavy atom. The number of hydrogen-bond acceptors (Lipinski definition) is 14. The molecule has 0 aliphatic carbocycles. The van der Waals surface area contributed by atoms with E-state index in [-0.39, 0.29) is 62.9 Å². The van der Waals surface area contributed by atoms with Crippen molar-refractivity contribution < 1.29 is 62.6 Å². The zero-order valence-corrected chi connectivity index (χ0v) is 57.8. The largest absolute Gasteiger partial charge is 0.390 e. The molecule has 1 aliphatic heterocycles. The van der Waals surface area contributed by atoms with E-state index in [0.29, 0.717) is 6.42 Å². The second kappa shape index (κ2) is 37.5. The highest BCUT2D eigenvalue weighted by atomic mass is 16.5. The Morgan fingerprint density at radius 3 is 1.51 bits per heavy atom. The normalized spacial score (nSPS) is 26.4. The van der Waals surface area contributed by atoms with E-state index in [2.05, 4.69) is 21.3 Å². The predicted molar refractivity (Wildman–Crippen MR) is 339 cm³/mol. The van der Waals surface area contributed by atoms with E-state index in [1.165, 1.54) is 82.8 Å². The molecule has 0 aromatic carbocycles. The van der Waals surface area contributed by atoms with Crippen LogP contribution in [0.1, 0.15) is 156 Å². The molecule has 0 radical (unpaired) electrons. The van der Waals surface area contributed by atoms with Crippen LogP contribution in [0.4, 0.5) is 0 Å². The molecule has 1 fully saturated rings. The number of nitrogens with one attached hydrogen (secondary N) is 4. The molecule has 0 aromatic heterocycles. The molecule has 1 saturated heterocycles. The molecule has 89 heavy (non-hydrogen) atoms. The van der Waals surface area contributed by atoms with Gasteiger partial charge in [0, 0.05) is 62.4 Å². The van der Waals surface area contributed by atoms with Gasteiger partial charge in [0.15, 0.2) is 0 Å². The molecule has 1 aliphatic rings. The van der Waals surface area contributed by atoms with Gasteiger partial charge in [0.25, 0.3) is 0 Å². The third-order valence-electron chi connectivity index (χ3n) is 16.6. The van der Waals surface area contributed by atoms with Crippen molar-refractivity contribution in [1.82, 2.24) is 55.6 Å². The van der Waals surface area contributed by atoms with Crippen LogP contribution in [0.3, 0.4) is 0 Å². The Morgan fingerprint density at radius 2 is 1.02 bits per heavy atom. The molecule has 0 aromatic rings. The van der Waals surface area contributed by atoms with Gasteiger partial charge in [-0.3, -0.25) is 52.7 Å². The lowest BCUT2D eigenvalue weighted by Gasteiger charge is -2.41. The average Bonchev–Trinajstić information content (AvgIpc) is 0.987. The van der Waals surface area contributed by atoms with Crippen molar-refractivity contribution in [2.75, 3.05) is 62.5 Å². The summed E-state index contributed by atoms with van der Waals surface area (Å²) in [5.74, 6) is -10.3. The molecule has 1 rings (SSSR count). The van der Waals surface area contributed by atoms with Gasteiger partial charge < -0.3 is 65.4 Å². The van der Waals surface area contributed by atoms with Crippen LogP contribution in [0.5, 0.6) is 0 Å². The van der Waals surface area contributed by atoms with Gasteiger partial charge in [0.05, 0.1) is 24.8 Å². The summed E-state index contributed by atoms with van der Waals surface area (Å²) in [4.78, 5) is 169. The third kappa shape index (κ3) is 22.9. The van der Waals surface area contributed by atoms with E-state index in [1.54, 1.807) is 67.5 Å². The molecule has 0 saturated carbocycles. The van der Waals surface area contributed by atoms with Gasteiger partial charge in [-0.2, -0.15) is 5.26 Å². The lowest BCUT2D eigenvalue weighted by Crippen LogP contribution is -2.63. The molecule has 11 amide bonds. The van der Waals surface area contributed by atoms with Crippen LogP contribution in [0.25, 0.3) is 0 Å². The fourth-order valence-corrected chi connectivity index (χ4v) is 11.0. The summed E-state index contributed by atoms with van der Waals surface area (Å²) in [6.07, 6.45) is 2.08. The van der Waals surface area contributed by atoms with Crippen LogP contribution in [-0.4, -0.2) is 239 Å². The van der Waals surface area contributed by atoms with E-state index in [0.717, 1.165) is 14.7 Å². The Kier molecular flexibility index (Phi) is 33.8. The molecule has 0 bridgehead atoms. The summed E-state index contributed by atoms with van der Waals surface area (Å²) in [7, 11) is 9.70. The first-order chi connectivity index (χ1) is 41.3. The van der Waals surface area contributed by atoms with Crippen LogP contribution in [0.15, 0.2) is 12.2 Å². The first-order valence-corrected chi connectivity index (χ1v) is 31.6. The summed E-state index contributed by atoms with van der Waals surface area (Å²) in [6.45, 7) is 26.8. The summed E-state index contributed by atoms with van der Waals surface area (Å²) < 4.78 is 6.02. The van der Waals surface area contributed by atoms with Gasteiger partial charge in [-0.1, -0.05) is 95.2 Å². The zero-order chi connectivity index (χ0) is 68.8. The molecule has 13 atom stereocenters. The third-order valence-corrected chi connectivity index (χ3v) is 16.6. The first-order valence-electron chi connectivity index (χ1n) is 31.6. The summed E-state index contributed by atoms with van der Waals surface area (Å²) in [5.41, 5.74) is 0. The van der Waals surface area contributed by atoms with Crippen molar-refractivity contribution in [2.24, 2.45) is 35.5 Å². The van der Waals surface area contributed by atoms with Crippen molar-refractivity contribution in [2.45, 2.75) is 228 Å². The highest BCUT2D eigenvalue weighted by molar-refractivity contribution is 5.99. The minimum absolute atomic E-state index is 0.0186. The lowest BCUT2D eigenvalue weighted by molar-refractivity contribution is -0.157. The fraction of sp³-hybridized carbons (Fsp3) is 0.781. The number of amides is 11. The number of rotatable bonds is 18. The van der Waals surface area contributed by atoms with Crippen molar-refractivity contribution in [3.05, 3.63) is 12.2 Å². The van der Waals surface area contributed by atoms with Crippen molar-refractivity contribution in [1.29, 1.82) is 5.26 Å². The molecule has 1 heterocycles. The van der Waals surface area contributed by atoms with Gasteiger partial charge in [-0.05, 0) is 102 Å². The Hall–Kier alpha value is -6.68. The molecular formula is C64H112N12O13. The second-order valence-corrected chi connectivity index (χ2v) is 26.2. The lowest BCUT2D eigenvalue weighted by atomic mass is 9.91. The number of unbranched alkanes of at least 4 members (excludes halogenated alkanes) is 1. The van der Waals surface area contributed by atoms with Crippen molar-refractivity contribution in [3.63, 3.8) is 0 Å². The number of allylic oxidation sites excluding steroid dienone is 2. The van der Waals surface area contributed by atoms with E-state index in [1.807, 2.05) is 47.6 Å². The maximum Gasteiger partial charge on any atom is 0.246 e. The number of aliphatic hydroxyl groups is 1. The molecule has 25 heteroatoms. The number of hydrogen-bond donors (Lipinski definition) is 5. The number of nitriles is 1. The quantitative estimate of drug-likeness (QED) is 0.0974. The molecule has 0 spiro atoms. The number of carbonyl (C=O) groups is 11. The summed E-state index contributed by atoms with van der Waals surface area (Å²) in [5, 5.41) is 32.2. The monoisotopic (exact) mass is 1260 g/mol. The molecule has 0 unspecified atom stereocenters. The van der Waals surface area contributed by atoms with Crippen LogP contribution in [-0.2, 0) is 57.5 Å². The van der Waals surface area contributed by atoms with Gasteiger partial charge in [-0.15, -0.1) is 0 Å². The van der Waals surface area contributed by atoms with Crippen LogP contribution in [0.2, 0.25) is 0 Å². The predicted octanol–water partition coefficient (Wildman–Crippen LogP) is 2.93. The number of likely N-dealkylation sites (N-methyl/N-ethyl adjacent to an activating group) is 7. The van der Waals surface area contributed by atoms with E-state index in [4.69, 9.17) is 4.74 Å². The molecular weight excluding hydrogens is 1140 g/mol. The number of aliphatic hydroxyl groups excluding tert-OH is 1. The van der Waals surface area contributed by atoms with Gasteiger partial charge in [0.2, 0.25) is 65.0 Å². The zero-order valence-electron chi connectivity index (χ0n) is 57.8. The second-order valence-electron chi connectivity index (χ2n) is 26.2. The van der Waals surface area contributed by atoms with E-state index < -0.39 is 162 Å². The average molecular weight is 1260 g/mol. The SMILES string of the molecule is CC=CC[C@@H](C)[C@@H](O)[C@H]1C(=O)N[C@@H](CC)C(=O)N(C)CC(=O)N(C)[C@@H]([C@@H](C)OCCCC#N)C(=O)N[C@@H](C(C)C)C(=O)N(C)[C@@H](CC(C)C)C(=O)N[C@@H](C)C(=O)N[C@H](C)C(=O)N(C)[C@@H](CC(C)C)C(=O)N(C)[C@@H](CC(C)C)C(=O)N(C)[C@@H](C(C)C)C(=O)N1C. The Labute approximate surface area is 531 Å². The summed E-state index contributed by atoms with van der Waals surface area (Å²) >= 11 is 0. The van der Waals surface area contributed by atoms with Crippen LogP contribution in [0, 0.1) is 46.8 Å². The van der Waals surface area contributed by atoms with Gasteiger partial charge in [0.1, 0.15) is 60.4 Å². The number of carbonyl (C=O) groups excluding carboxylic acids is 11. The first kappa shape index (κ1) is 80.3. The van der Waals surface area contributed by atoms with Crippen LogP contribution >= 0.6 is 0 Å². The smallest absolute Gasteiger partial charge is 0.246 e. The Balaban J connectivity index is 4.39. The maximum absolute atomic E-state index is 15.2. The maximum atomic E-state index is 15.2. The van der Waals surface area contributed by atoms with E-state index in [9.17, 15) is 53.5 Å². The highest BCUT2D eigenvalue weighted by Gasteiger charge is 2.46. The molecule has 5 N–H and O–H groups in total. The van der Waals surface area contributed by atoms with Gasteiger partial charge >= 0.3 is 0 Å². The number of nitrogens with zero attached hydrogens (tertiary/aromatic N) is 8. The fourth-order valence-electron chi connectivity index (χ4n) is 11.0. The number of ether oxygens (including phenoxy) is 1.